The molecule has 0 fully saturated rings. The molecule has 3 rings (SSSR count). The van der Waals surface area contributed by atoms with Crippen molar-refractivity contribution in [2.75, 3.05) is 0 Å². The molecular weight excluding hydrogens is 236 g/mol. The molecule has 90 valence electrons. The smallest absolute Gasteiger partial charge is 0.238 e. The van der Waals surface area contributed by atoms with Crippen LogP contribution in [0, 0.1) is 0 Å². The molecule has 0 unspecified atom stereocenters. The van der Waals surface area contributed by atoms with E-state index < -0.39 is 10.0 Å². The Kier molecular flexibility index (Phi) is 2.27. The summed E-state index contributed by atoms with van der Waals surface area (Å²) in [6, 6.07) is 5.07. The number of nitrogens with two attached hydrogens (primary N) is 1. The summed E-state index contributed by atoms with van der Waals surface area (Å²) in [5, 5.41) is 6.26. The maximum Gasteiger partial charge on any atom is 0.238 e. The molecule has 0 aliphatic heterocycles. The highest BCUT2D eigenvalue weighted by Crippen LogP contribution is 2.30. The predicted molar refractivity (Wildman–Crippen MR) is 66.3 cm³/mol. The lowest BCUT2D eigenvalue weighted by Crippen LogP contribution is -2.11. The summed E-state index contributed by atoms with van der Waals surface area (Å²) in [5.74, 6) is 0. The molecule has 0 amide bonds. The number of aromatic amines is 1. The van der Waals surface area contributed by atoms with Crippen molar-refractivity contribution in [3.8, 4) is 0 Å². The van der Waals surface area contributed by atoms with Gasteiger partial charge in [-0.05, 0) is 43.4 Å². The van der Waals surface area contributed by atoms with Gasteiger partial charge in [0.1, 0.15) is 0 Å². The molecule has 0 bridgehead atoms. The normalized spacial score (nSPS) is 16.1. The quantitative estimate of drug-likeness (QED) is 0.808. The van der Waals surface area contributed by atoms with Crippen LogP contribution < -0.4 is 5.14 Å². The second-order valence-corrected chi connectivity index (χ2v) is 6.10. The Bertz CT molecular complexity index is 686. The number of rotatable bonds is 1. The maximum absolute atomic E-state index is 11.3. The fourth-order valence-electron chi connectivity index (χ4n) is 2.57. The summed E-state index contributed by atoms with van der Waals surface area (Å²) >= 11 is 0. The maximum atomic E-state index is 11.3. The van der Waals surface area contributed by atoms with Crippen molar-refractivity contribution in [2.45, 2.75) is 30.6 Å². The van der Waals surface area contributed by atoms with Crippen LogP contribution in [0.25, 0.3) is 10.9 Å². The third kappa shape index (κ3) is 1.75. The van der Waals surface area contributed by atoms with E-state index in [1.165, 1.54) is 24.1 Å². The second kappa shape index (κ2) is 3.58. The average molecular weight is 250 g/mol. The van der Waals surface area contributed by atoms with E-state index in [4.69, 9.17) is 5.14 Å². The van der Waals surface area contributed by atoms with E-state index in [2.05, 4.69) is 4.98 Å². The molecule has 1 aromatic heterocycles. The monoisotopic (exact) mass is 250 g/mol. The van der Waals surface area contributed by atoms with Gasteiger partial charge in [0.25, 0.3) is 0 Å². The standard InChI is InChI=1S/C12H14N2O2S/c13-17(15,16)8-5-6-10-9-3-1-2-4-11(9)14-12(10)7-8/h5-7,14H,1-4H2,(H2,13,15,16). The van der Waals surface area contributed by atoms with Crippen LogP contribution in [0.4, 0.5) is 0 Å². The van der Waals surface area contributed by atoms with Gasteiger partial charge in [0.15, 0.2) is 0 Å². The number of hydrogen-bond donors (Lipinski definition) is 2. The van der Waals surface area contributed by atoms with Gasteiger partial charge in [-0.2, -0.15) is 0 Å². The second-order valence-electron chi connectivity index (χ2n) is 4.54. The zero-order chi connectivity index (χ0) is 12.0. The van der Waals surface area contributed by atoms with Crippen molar-refractivity contribution < 1.29 is 8.42 Å². The zero-order valence-electron chi connectivity index (χ0n) is 9.36. The molecule has 2 aromatic rings. The Balaban J connectivity index is 2.25. The first-order valence-corrected chi connectivity index (χ1v) is 7.26. The van der Waals surface area contributed by atoms with Crippen LogP contribution in [0.3, 0.4) is 0 Å². The average Bonchev–Trinajstić information content (AvgIpc) is 2.65. The highest BCUT2D eigenvalue weighted by molar-refractivity contribution is 7.89. The summed E-state index contributed by atoms with van der Waals surface area (Å²) in [5.41, 5.74) is 3.47. The molecule has 3 N–H and O–H groups in total. The summed E-state index contributed by atoms with van der Waals surface area (Å²) in [6.07, 6.45) is 4.53. The molecule has 0 saturated carbocycles. The molecule has 1 aromatic carbocycles. The number of fused-ring (bicyclic) bond motifs is 3. The fraction of sp³-hybridized carbons (Fsp3) is 0.333. The molecule has 0 spiro atoms. The topological polar surface area (TPSA) is 76.0 Å². The molecule has 17 heavy (non-hydrogen) atoms. The Morgan fingerprint density at radius 2 is 1.94 bits per heavy atom. The Labute approximate surface area is 99.9 Å². The molecule has 0 radical (unpaired) electrons. The van der Waals surface area contributed by atoms with Crippen LogP contribution in [0.15, 0.2) is 23.1 Å². The van der Waals surface area contributed by atoms with Crippen molar-refractivity contribution in [3.05, 3.63) is 29.5 Å². The van der Waals surface area contributed by atoms with Crippen molar-refractivity contribution in [3.63, 3.8) is 0 Å². The summed E-state index contributed by atoms with van der Waals surface area (Å²) in [7, 11) is -3.62. The van der Waals surface area contributed by atoms with Gasteiger partial charge in [-0.3, -0.25) is 0 Å². The van der Waals surface area contributed by atoms with E-state index in [1.807, 2.05) is 6.07 Å². The van der Waals surface area contributed by atoms with Gasteiger partial charge in [-0.1, -0.05) is 6.07 Å². The number of aryl methyl sites for hydroxylation is 2. The van der Waals surface area contributed by atoms with Crippen LogP contribution in [-0.2, 0) is 22.9 Å². The van der Waals surface area contributed by atoms with Crippen molar-refractivity contribution in [1.82, 2.24) is 4.98 Å². The van der Waals surface area contributed by atoms with E-state index >= 15 is 0 Å². The Morgan fingerprint density at radius 3 is 2.71 bits per heavy atom. The van der Waals surface area contributed by atoms with Gasteiger partial charge in [-0.15, -0.1) is 0 Å². The van der Waals surface area contributed by atoms with Crippen LogP contribution in [0.2, 0.25) is 0 Å². The van der Waals surface area contributed by atoms with Crippen LogP contribution in [0.5, 0.6) is 0 Å². The predicted octanol–water partition coefficient (Wildman–Crippen LogP) is 1.69. The van der Waals surface area contributed by atoms with Gasteiger partial charge < -0.3 is 4.98 Å². The SMILES string of the molecule is NS(=O)(=O)c1ccc2c3c([nH]c2c1)CCCC3. The minimum Gasteiger partial charge on any atom is -0.358 e. The first-order valence-electron chi connectivity index (χ1n) is 5.72. The minimum atomic E-state index is -3.62. The molecule has 0 atom stereocenters. The van der Waals surface area contributed by atoms with Crippen molar-refractivity contribution in [1.29, 1.82) is 0 Å². The van der Waals surface area contributed by atoms with Crippen molar-refractivity contribution >= 4 is 20.9 Å². The number of benzene rings is 1. The molecular formula is C12H14N2O2S. The molecule has 1 aliphatic rings. The molecule has 0 saturated heterocycles. The van der Waals surface area contributed by atoms with E-state index in [1.54, 1.807) is 12.1 Å². The third-order valence-corrected chi connectivity index (χ3v) is 4.31. The number of primary sulfonamides is 1. The van der Waals surface area contributed by atoms with Gasteiger partial charge in [0, 0.05) is 16.6 Å². The van der Waals surface area contributed by atoms with Crippen LogP contribution >= 0.6 is 0 Å². The van der Waals surface area contributed by atoms with Crippen LogP contribution in [-0.4, -0.2) is 13.4 Å². The van der Waals surface area contributed by atoms with E-state index in [-0.39, 0.29) is 4.90 Å². The molecule has 1 aliphatic carbocycles. The lowest BCUT2D eigenvalue weighted by Gasteiger charge is -2.10. The lowest BCUT2D eigenvalue weighted by molar-refractivity contribution is 0.598. The van der Waals surface area contributed by atoms with E-state index in [9.17, 15) is 8.42 Å². The zero-order valence-corrected chi connectivity index (χ0v) is 10.2. The molecule has 4 nitrogen and oxygen atoms in total. The number of sulfonamides is 1. The Hall–Kier alpha value is -1.33. The lowest BCUT2D eigenvalue weighted by atomic mass is 9.96. The minimum absolute atomic E-state index is 0.170. The largest absolute Gasteiger partial charge is 0.358 e. The van der Waals surface area contributed by atoms with E-state index in [0.717, 1.165) is 23.7 Å². The van der Waals surface area contributed by atoms with Gasteiger partial charge >= 0.3 is 0 Å². The van der Waals surface area contributed by atoms with Gasteiger partial charge in [0.05, 0.1) is 4.90 Å². The first kappa shape index (κ1) is 10.8. The number of aromatic nitrogens is 1. The summed E-state index contributed by atoms with van der Waals surface area (Å²) < 4.78 is 22.6. The highest BCUT2D eigenvalue weighted by Gasteiger charge is 2.17. The van der Waals surface area contributed by atoms with E-state index in [0.29, 0.717) is 0 Å². The molecule has 1 heterocycles. The molecule has 5 heteroatoms. The fourth-order valence-corrected chi connectivity index (χ4v) is 3.11. The first-order chi connectivity index (χ1) is 8.05. The summed E-state index contributed by atoms with van der Waals surface area (Å²) in [6.45, 7) is 0. The van der Waals surface area contributed by atoms with Crippen LogP contribution in [0.1, 0.15) is 24.1 Å². The van der Waals surface area contributed by atoms with Gasteiger partial charge in [0.2, 0.25) is 10.0 Å². The van der Waals surface area contributed by atoms with Crippen molar-refractivity contribution in [2.24, 2.45) is 5.14 Å². The summed E-state index contributed by atoms with van der Waals surface area (Å²) in [4.78, 5) is 3.48. The third-order valence-electron chi connectivity index (χ3n) is 3.40. The Morgan fingerprint density at radius 1 is 1.18 bits per heavy atom. The number of nitrogens with one attached hydrogen (secondary N) is 1. The highest BCUT2D eigenvalue weighted by atomic mass is 32.2. The number of hydrogen-bond acceptors (Lipinski definition) is 2. The van der Waals surface area contributed by atoms with Gasteiger partial charge in [-0.25, -0.2) is 13.6 Å². The number of H-pyrrole nitrogens is 1.